The Kier molecular flexibility index (Phi) is 7.81. The molecule has 1 atom stereocenters. The van der Waals surface area contributed by atoms with E-state index in [1.54, 1.807) is 28.9 Å². The van der Waals surface area contributed by atoms with Gasteiger partial charge in [0.15, 0.2) is 21.6 Å². The van der Waals surface area contributed by atoms with E-state index in [0.29, 0.717) is 32.5 Å². The molecular formula is C24H22BrFN4O4S2. The van der Waals surface area contributed by atoms with E-state index in [1.165, 1.54) is 22.8 Å². The van der Waals surface area contributed by atoms with Crippen molar-refractivity contribution in [2.75, 3.05) is 0 Å². The third kappa shape index (κ3) is 5.47. The highest BCUT2D eigenvalue weighted by Crippen LogP contribution is 2.38. The monoisotopic (exact) mass is 592 g/mol. The number of carboxylic acid groups (broad SMARTS) is 1. The number of aromatic nitrogens is 3. The number of carboxylic acids is 1. The van der Waals surface area contributed by atoms with Crippen LogP contribution in [0.2, 0.25) is 0 Å². The summed E-state index contributed by atoms with van der Waals surface area (Å²) in [6, 6.07) is 12.1. The van der Waals surface area contributed by atoms with Gasteiger partial charge in [-0.1, -0.05) is 16.3 Å². The van der Waals surface area contributed by atoms with Crippen LogP contribution < -0.4 is 5.14 Å². The molecular weight excluding hydrogens is 571 g/mol. The van der Waals surface area contributed by atoms with Gasteiger partial charge in [0, 0.05) is 22.9 Å². The number of hydrogen-bond donors (Lipinski definition) is 2. The maximum absolute atomic E-state index is 14.0. The molecule has 1 fully saturated rings. The average molecular weight is 594 g/mol. The van der Waals surface area contributed by atoms with Gasteiger partial charge in [0.2, 0.25) is 5.13 Å². The molecule has 5 rings (SSSR count). The number of carbonyl (C=O) groups is 1. The Hall–Kier alpha value is -2.77. The van der Waals surface area contributed by atoms with Gasteiger partial charge in [-0.15, -0.1) is 16.5 Å². The van der Waals surface area contributed by atoms with Crippen LogP contribution in [-0.4, -0.2) is 31.3 Å². The first-order valence-electron chi connectivity index (χ1n) is 10.9. The minimum atomic E-state index is -1.92. The van der Waals surface area contributed by atoms with Crippen LogP contribution in [0.4, 0.5) is 4.39 Å². The van der Waals surface area contributed by atoms with Crippen LogP contribution in [-0.2, 0) is 28.0 Å². The number of aromatic carboxylic acids is 1. The molecule has 1 saturated carbocycles. The Bertz CT molecular complexity index is 1450. The number of thiazole rings is 1. The van der Waals surface area contributed by atoms with E-state index in [-0.39, 0.29) is 17.0 Å². The third-order valence-corrected chi connectivity index (χ3v) is 8.16. The lowest BCUT2D eigenvalue weighted by molar-refractivity contribution is 0.0691. The predicted molar refractivity (Wildman–Crippen MR) is 139 cm³/mol. The van der Waals surface area contributed by atoms with Gasteiger partial charge in [-0.3, -0.25) is 0 Å². The molecule has 8 nitrogen and oxygen atoms in total. The van der Waals surface area contributed by atoms with E-state index >= 15 is 0 Å². The van der Waals surface area contributed by atoms with Crippen LogP contribution in [0.25, 0.3) is 16.4 Å². The van der Waals surface area contributed by atoms with Crippen molar-refractivity contribution in [1.29, 1.82) is 0 Å². The quantitative estimate of drug-likeness (QED) is 0.220. The minimum Gasteiger partial charge on any atom is -0.870 e. The zero-order chi connectivity index (χ0) is 24.7. The molecule has 0 amide bonds. The number of benzene rings is 2. The fraction of sp³-hybridized carbons (Fsp3) is 0.208. The van der Waals surface area contributed by atoms with Crippen LogP contribution in [0.3, 0.4) is 0 Å². The summed E-state index contributed by atoms with van der Waals surface area (Å²) in [4.78, 5) is 16.3. The molecule has 0 bridgehead atoms. The lowest BCUT2D eigenvalue weighted by atomic mass is 9.97. The number of nitrogens with two attached hydrogens (primary N) is 1. The molecule has 1 unspecified atom stereocenters. The molecule has 1 aliphatic carbocycles. The maximum Gasteiger partial charge on any atom is 0.355 e. The molecule has 2 heterocycles. The van der Waals surface area contributed by atoms with Crippen molar-refractivity contribution < 1.29 is 24.0 Å². The Morgan fingerprint density at radius 2 is 1.97 bits per heavy atom. The first kappa shape index (κ1) is 26.3. The molecule has 188 valence electrons. The summed E-state index contributed by atoms with van der Waals surface area (Å²) >= 11 is 4.49. The smallest absolute Gasteiger partial charge is 0.355 e. The summed E-state index contributed by atoms with van der Waals surface area (Å²) < 4.78 is 27.7. The van der Waals surface area contributed by atoms with Gasteiger partial charge in [-0.25, -0.2) is 18.9 Å². The summed E-state index contributed by atoms with van der Waals surface area (Å²) in [5.74, 6) is -0.936. The van der Waals surface area contributed by atoms with E-state index in [4.69, 9.17) is 10.2 Å². The average Bonchev–Trinajstić information content (AvgIpc) is 3.39. The molecule has 4 N–H and O–H groups in total. The topological polar surface area (TPSA) is 141 Å². The molecule has 0 saturated heterocycles. The van der Waals surface area contributed by atoms with Gasteiger partial charge in [-0.2, -0.15) is 5.10 Å². The molecule has 0 aliphatic heterocycles. The fourth-order valence-corrected chi connectivity index (χ4v) is 5.53. The Balaban J connectivity index is 0.00000304. The van der Waals surface area contributed by atoms with Crippen LogP contribution in [0, 0.1) is 11.7 Å². The highest BCUT2D eigenvalue weighted by molar-refractivity contribution is 9.10. The highest BCUT2D eigenvalue weighted by Gasteiger charge is 2.29. The van der Waals surface area contributed by atoms with E-state index in [9.17, 15) is 18.5 Å². The molecule has 1 aliphatic rings. The first-order valence-corrected chi connectivity index (χ1v) is 13.9. The molecule has 0 spiro atoms. The largest absolute Gasteiger partial charge is 0.870 e. The third-order valence-electron chi connectivity index (χ3n) is 5.93. The van der Waals surface area contributed by atoms with Gasteiger partial charge >= 0.3 is 5.97 Å². The highest BCUT2D eigenvalue weighted by atomic mass is 79.9. The summed E-state index contributed by atoms with van der Waals surface area (Å²) in [6.07, 6.45) is 3.56. The Morgan fingerprint density at radius 1 is 1.25 bits per heavy atom. The molecule has 0 radical (unpaired) electrons. The zero-order valence-electron chi connectivity index (χ0n) is 18.8. The van der Waals surface area contributed by atoms with E-state index < -0.39 is 17.0 Å². The second kappa shape index (κ2) is 10.7. The summed E-state index contributed by atoms with van der Waals surface area (Å²) in [6.45, 7) is 0. The first-order chi connectivity index (χ1) is 16.8. The van der Waals surface area contributed by atoms with Gasteiger partial charge in [-0.05, 0) is 77.0 Å². The summed E-state index contributed by atoms with van der Waals surface area (Å²) in [5, 5.41) is 21.8. The molecule has 36 heavy (non-hydrogen) atoms. The number of hydrogen-bond acceptors (Lipinski definition) is 6. The van der Waals surface area contributed by atoms with Gasteiger partial charge < -0.3 is 10.6 Å². The number of halogens is 2. The SMILES string of the molecule is N[SH+](=O)c1ccc(Cc2c(-c3ccc(F)c(Br)c3)nn(-c3nc(C(=O)O)cs3)c2CC2CC2)cc1.[OH-]. The predicted octanol–water partition coefficient (Wildman–Crippen LogP) is 4.89. The maximum atomic E-state index is 14.0. The van der Waals surface area contributed by atoms with E-state index in [0.717, 1.165) is 41.6 Å². The fourth-order valence-electron chi connectivity index (χ4n) is 3.93. The van der Waals surface area contributed by atoms with Crippen LogP contribution in [0.1, 0.15) is 40.2 Å². The van der Waals surface area contributed by atoms with Crippen molar-refractivity contribution in [2.45, 2.75) is 30.6 Å². The Labute approximate surface area is 221 Å². The minimum absolute atomic E-state index is 0. The number of nitrogens with zero attached hydrogens (tertiary/aromatic N) is 3. The van der Waals surface area contributed by atoms with Crippen LogP contribution in [0.15, 0.2) is 57.2 Å². The van der Waals surface area contributed by atoms with Crippen molar-refractivity contribution in [3.8, 4) is 16.4 Å². The van der Waals surface area contributed by atoms with Gasteiger partial charge in [0.05, 0.1) is 15.9 Å². The van der Waals surface area contributed by atoms with E-state index in [2.05, 4.69) is 20.9 Å². The van der Waals surface area contributed by atoms with Gasteiger partial charge in [0.25, 0.3) is 0 Å². The standard InChI is InChI=1S/C24H20BrFN4O3S2.H2O/c25-18-11-15(5-8-19(18)26)22-17(9-13-3-6-16(7-4-13)35(27)33)21(10-14-1-2-14)30(29-22)24-28-20(12-34-24)23(31)32;/h3-8,11-12,14H,1-2,9-10H2,(H2,27,33)(H,31,32);1H2. The second-order valence-corrected chi connectivity index (χ2v) is 11.3. The number of thiol groups is 1. The van der Waals surface area contributed by atoms with Crippen molar-refractivity contribution in [2.24, 2.45) is 11.1 Å². The lowest BCUT2D eigenvalue weighted by Gasteiger charge is -2.09. The lowest BCUT2D eigenvalue weighted by Crippen LogP contribution is -2.06. The van der Waals surface area contributed by atoms with Crippen molar-refractivity contribution in [3.63, 3.8) is 0 Å². The van der Waals surface area contributed by atoms with E-state index in [1.807, 2.05) is 12.1 Å². The van der Waals surface area contributed by atoms with Gasteiger partial charge in [0.1, 0.15) is 5.82 Å². The normalized spacial score (nSPS) is 13.9. The van der Waals surface area contributed by atoms with Crippen LogP contribution >= 0.6 is 27.3 Å². The molecule has 2 aromatic heterocycles. The Morgan fingerprint density at radius 3 is 2.56 bits per heavy atom. The summed E-state index contributed by atoms with van der Waals surface area (Å²) in [7, 11) is -1.92. The zero-order valence-corrected chi connectivity index (χ0v) is 22.1. The number of rotatable bonds is 8. The molecule has 12 heteroatoms. The van der Waals surface area contributed by atoms with Crippen molar-refractivity contribution in [3.05, 3.63) is 80.6 Å². The van der Waals surface area contributed by atoms with Crippen molar-refractivity contribution >= 4 is 44.2 Å². The molecule has 2 aromatic carbocycles. The summed E-state index contributed by atoms with van der Waals surface area (Å²) in [5.41, 5.74) is 4.30. The van der Waals surface area contributed by atoms with Crippen LogP contribution in [0.5, 0.6) is 0 Å². The molecule has 4 aromatic rings. The second-order valence-electron chi connectivity index (χ2n) is 8.45. The van der Waals surface area contributed by atoms with Crippen molar-refractivity contribution in [1.82, 2.24) is 14.8 Å².